The van der Waals surface area contributed by atoms with E-state index in [1.165, 1.54) is 23.9 Å². The van der Waals surface area contributed by atoms with E-state index < -0.39 is 4.92 Å². The normalized spacial score (nSPS) is 10.6. The molecule has 1 aromatic heterocycles. The Morgan fingerprint density at radius 1 is 1.06 bits per heavy atom. The van der Waals surface area contributed by atoms with Gasteiger partial charge in [-0.25, -0.2) is 0 Å². The average Bonchev–Trinajstić information content (AvgIpc) is 3.29. The van der Waals surface area contributed by atoms with Gasteiger partial charge in [-0.15, -0.1) is 10.2 Å². The number of hydrogen-bond acceptors (Lipinski definition) is 7. The SMILES string of the molecule is COc1cccc(CSc2nnc(CNC(=O)c3ccccc3)n2-c2ccc([N+](=O)[O-])cc2)c1. The highest BCUT2D eigenvalue weighted by atomic mass is 32.2. The van der Waals surface area contributed by atoms with Gasteiger partial charge in [0.25, 0.3) is 11.6 Å². The van der Waals surface area contributed by atoms with Gasteiger partial charge in [0, 0.05) is 29.1 Å². The second kappa shape index (κ2) is 10.6. The summed E-state index contributed by atoms with van der Waals surface area (Å²) < 4.78 is 7.08. The first-order valence-electron chi connectivity index (χ1n) is 10.3. The van der Waals surface area contributed by atoms with Gasteiger partial charge in [-0.2, -0.15) is 0 Å². The summed E-state index contributed by atoms with van der Waals surface area (Å²) in [6.07, 6.45) is 0. The number of thioether (sulfide) groups is 1. The molecule has 1 heterocycles. The zero-order valence-electron chi connectivity index (χ0n) is 18.2. The smallest absolute Gasteiger partial charge is 0.269 e. The van der Waals surface area contributed by atoms with Gasteiger partial charge in [0.1, 0.15) is 5.75 Å². The van der Waals surface area contributed by atoms with Crippen LogP contribution in [0.2, 0.25) is 0 Å². The Morgan fingerprint density at radius 2 is 1.82 bits per heavy atom. The number of carbonyl (C=O) groups is 1. The van der Waals surface area contributed by atoms with Crippen LogP contribution in [0.3, 0.4) is 0 Å². The lowest BCUT2D eigenvalue weighted by Crippen LogP contribution is -2.24. The number of non-ortho nitro benzene ring substituents is 1. The second-order valence-electron chi connectivity index (χ2n) is 7.20. The predicted molar refractivity (Wildman–Crippen MR) is 128 cm³/mol. The van der Waals surface area contributed by atoms with Gasteiger partial charge in [-0.3, -0.25) is 19.5 Å². The Kier molecular flexibility index (Phi) is 7.19. The molecule has 4 aromatic rings. The summed E-state index contributed by atoms with van der Waals surface area (Å²) in [7, 11) is 1.62. The average molecular weight is 476 g/mol. The summed E-state index contributed by atoms with van der Waals surface area (Å²) in [5.41, 5.74) is 2.23. The molecule has 172 valence electrons. The molecule has 0 saturated carbocycles. The number of aromatic nitrogens is 3. The van der Waals surface area contributed by atoms with Crippen molar-refractivity contribution in [3.8, 4) is 11.4 Å². The minimum atomic E-state index is -0.449. The van der Waals surface area contributed by atoms with E-state index in [1.54, 1.807) is 48.1 Å². The van der Waals surface area contributed by atoms with E-state index in [0.717, 1.165) is 11.3 Å². The molecule has 1 amide bonds. The maximum Gasteiger partial charge on any atom is 0.269 e. The van der Waals surface area contributed by atoms with E-state index in [2.05, 4.69) is 15.5 Å². The van der Waals surface area contributed by atoms with Crippen LogP contribution in [0, 0.1) is 10.1 Å². The van der Waals surface area contributed by atoms with Crippen molar-refractivity contribution in [2.24, 2.45) is 0 Å². The predicted octanol–water partition coefficient (Wildman–Crippen LogP) is 4.41. The Labute approximate surface area is 199 Å². The van der Waals surface area contributed by atoms with Crippen molar-refractivity contribution in [2.45, 2.75) is 17.5 Å². The highest BCUT2D eigenvalue weighted by molar-refractivity contribution is 7.98. The van der Waals surface area contributed by atoms with Gasteiger partial charge in [0.05, 0.1) is 18.6 Å². The molecule has 0 radical (unpaired) electrons. The van der Waals surface area contributed by atoms with Crippen LogP contribution >= 0.6 is 11.8 Å². The van der Waals surface area contributed by atoms with Crippen molar-refractivity contribution in [1.29, 1.82) is 0 Å². The lowest BCUT2D eigenvalue weighted by atomic mass is 10.2. The minimum Gasteiger partial charge on any atom is -0.497 e. The van der Waals surface area contributed by atoms with Gasteiger partial charge in [-0.05, 0) is 42.0 Å². The topological polar surface area (TPSA) is 112 Å². The maximum absolute atomic E-state index is 12.5. The Bertz CT molecular complexity index is 1290. The van der Waals surface area contributed by atoms with Crippen LogP contribution in [0.15, 0.2) is 84.0 Å². The van der Waals surface area contributed by atoms with Crippen molar-refractivity contribution in [2.75, 3.05) is 7.11 Å². The summed E-state index contributed by atoms with van der Waals surface area (Å²) in [4.78, 5) is 23.1. The van der Waals surface area contributed by atoms with Gasteiger partial charge in [0.2, 0.25) is 0 Å². The number of amides is 1. The van der Waals surface area contributed by atoms with Crippen LogP contribution in [0.4, 0.5) is 5.69 Å². The van der Waals surface area contributed by atoms with Crippen molar-refractivity contribution >= 4 is 23.4 Å². The van der Waals surface area contributed by atoms with Crippen molar-refractivity contribution in [3.05, 3.63) is 106 Å². The summed E-state index contributed by atoms with van der Waals surface area (Å²) in [6, 6.07) is 22.7. The number of methoxy groups -OCH3 is 1. The number of hydrogen-bond donors (Lipinski definition) is 1. The highest BCUT2D eigenvalue weighted by Gasteiger charge is 2.17. The van der Waals surface area contributed by atoms with Gasteiger partial charge < -0.3 is 10.1 Å². The molecule has 34 heavy (non-hydrogen) atoms. The molecule has 0 unspecified atom stereocenters. The first kappa shape index (κ1) is 23.0. The third-order valence-electron chi connectivity index (χ3n) is 4.96. The van der Waals surface area contributed by atoms with Crippen LogP contribution in [0.5, 0.6) is 5.75 Å². The van der Waals surface area contributed by atoms with Gasteiger partial charge >= 0.3 is 0 Å². The van der Waals surface area contributed by atoms with E-state index in [4.69, 9.17) is 4.74 Å². The number of nitrogens with one attached hydrogen (secondary N) is 1. The molecule has 0 fully saturated rings. The van der Waals surface area contributed by atoms with Crippen LogP contribution < -0.4 is 10.1 Å². The molecule has 0 saturated heterocycles. The molecule has 0 atom stereocenters. The van der Waals surface area contributed by atoms with Gasteiger partial charge in [-0.1, -0.05) is 42.1 Å². The summed E-state index contributed by atoms with van der Waals surface area (Å²) in [6.45, 7) is 0.136. The molecular weight excluding hydrogens is 454 g/mol. The van der Waals surface area contributed by atoms with Crippen LogP contribution in [-0.2, 0) is 12.3 Å². The number of rotatable bonds is 9. The van der Waals surface area contributed by atoms with Crippen LogP contribution in [0.25, 0.3) is 5.69 Å². The molecular formula is C24H21N5O4S. The number of carbonyl (C=O) groups excluding carboxylic acids is 1. The fourth-order valence-corrected chi connectivity index (χ4v) is 4.17. The summed E-state index contributed by atoms with van der Waals surface area (Å²) >= 11 is 1.46. The molecule has 9 nitrogen and oxygen atoms in total. The van der Waals surface area contributed by atoms with E-state index in [9.17, 15) is 14.9 Å². The standard InChI is InChI=1S/C24H21N5O4S/c1-33-21-9-5-6-17(14-21)16-34-24-27-26-22(15-25-23(30)18-7-3-2-4-8-18)28(24)19-10-12-20(13-11-19)29(31)32/h2-14H,15-16H2,1H3,(H,25,30). The molecule has 1 N–H and O–H groups in total. The lowest BCUT2D eigenvalue weighted by Gasteiger charge is -2.11. The number of nitro groups is 1. The monoisotopic (exact) mass is 475 g/mol. The number of nitro benzene ring substituents is 1. The molecule has 0 bridgehead atoms. The summed E-state index contributed by atoms with van der Waals surface area (Å²) in [5.74, 6) is 1.65. The Morgan fingerprint density at radius 3 is 2.53 bits per heavy atom. The lowest BCUT2D eigenvalue weighted by molar-refractivity contribution is -0.384. The minimum absolute atomic E-state index is 0.0126. The molecule has 3 aromatic carbocycles. The largest absolute Gasteiger partial charge is 0.497 e. The molecule has 0 aliphatic carbocycles. The fraction of sp³-hybridized carbons (Fsp3) is 0.125. The van der Waals surface area contributed by atoms with E-state index >= 15 is 0 Å². The molecule has 0 spiro atoms. The van der Waals surface area contributed by atoms with Gasteiger partial charge in [0.15, 0.2) is 11.0 Å². The number of nitrogens with zero attached hydrogens (tertiary/aromatic N) is 4. The van der Waals surface area contributed by atoms with Crippen molar-refractivity contribution in [1.82, 2.24) is 20.1 Å². The third kappa shape index (κ3) is 5.41. The maximum atomic E-state index is 12.5. The zero-order valence-corrected chi connectivity index (χ0v) is 19.1. The summed E-state index contributed by atoms with van der Waals surface area (Å²) in [5, 5.41) is 23.1. The highest BCUT2D eigenvalue weighted by Crippen LogP contribution is 2.27. The molecule has 0 aliphatic heterocycles. The van der Waals surface area contributed by atoms with Crippen molar-refractivity contribution in [3.63, 3.8) is 0 Å². The quantitative estimate of drug-likeness (QED) is 0.217. The molecule has 0 aliphatic rings. The first-order valence-corrected chi connectivity index (χ1v) is 11.3. The van der Waals surface area contributed by atoms with Crippen LogP contribution in [-0.4, -0.2) is 32.7 Å². The zero-order chi connectivity index (χ0) is 23.9. The Hall–Kier alpha value is -4.18. The fourth-order valence-electron chi connectivity index (χ4n) is 3.25. The number of ether oxygens (including phenoxy) is 1. The third-order valence-corrected chi connectivity index (χ3v) is 5.96. The first-order chi connectivity index (χ1) is 16.5. The molecule has 10 heteroatoms. The van der Waals surface area contributed by atoms with E-state index in [0.29, 0.717) is 28.0 Å². The van der Waals surface area contributed by atoms with Crippen LogP contribution in [0.1, 0.15) is 21.7 Å². The van der Waals surface area contributed by atoms with E-state index in [-0.39, 0.29) is 18.1 Å². The number of benzene rings is 3. The molecule has 4 rings (SSSR count). The second-order valence-corrected chi connectivity index (χ2v) is 8.14. The Balaban J connectivity index is 1.59. The van der Waals surface area contributed by atoms with Crippen molar-refractivity contribution < 1.29 is 14.5 Å². The van der Waals surface area contributed by atoms with E-state index in [1.807, 2.05) is 30.3 Å².